The Morgan fingerprint density at radius 3 is 2.67 bits per heavy atom. The number of fused-ring (bicyclic) bond motifs is 1. The molecule has 0 saturated carbocycles. The van der Waals surface area contributed by atoms with Crippen LogP contribution in [0.1, 0.15) is 25.3 Å². The molecule has 1 aromatic carbocycles. The minimum absolute atomic E-state index is 0.0277. The summed E-state index contributed by atoms with van der Waals surface area (Å²) < 4.78 is 50.6. The van der Waals surface area contributed by atoms with Crippen LogP contribution < -0.4 is 5.32 Å². The maximum absolute atomic E-state index is 13.0. The summed E-state index contributed by atoms with van der Waals surface area (Å²) in [6.07, 6.45) is 1.15. The molecule has 2 aliphatic rings. The van der Waals surface area contributed by atoms with Gasteiger partial charge in [-0.1, -0.05) is 6.92 Å². The number of nitrogens with one attached hydrogen (secondary N) is 1. The Hall–Kier alpha value is -1.45. The molecular formula is C15H20N2O5S2. The van der Waals surface area contributed by atoms with Crippen molar-refractivity contribution in [1.29, 1.82) is 0 Å². The first-order valence-electron chi connectivity index (χ1n) is 7.88. The fourth-order valence-electron chi connectivity index (χ4n) is 3.28. The van der Waals surface area contributed by atoms with Crippen LogP contribution in [0.3, 0.4) is 0 Å². The largest absolute Gasteiger partial charge is 0.326 e. The average molecular weight is 372 g/mol. The first kappa shape index (κ1) is 17.4. The Morgan fingerprint density at radius 2 is 2.04 bits per heavy atom. The first-order valence-corrected chi connectivity index (χ1v) is 11.1. The fourth-order valence-corrected chi connectivity index (χ4v) is 6.82. The van der Waals surface area contributed by atoms with Gasteiger partial charge in [0.15, 0.2) is 9.84 Å². The highest BCUT2D eigenvalue weighted by atomic mass is 32.2. The molecule has 0 aromatic heterocycles. The zero-order valence-electron chi connectivity index (χ0n) is 13.4. The SMILES string of the molecule is CCN([C@@H]1CCS(=O)(=O)C1)S(=O)(=O)c1ccc2c(c1)CCC(=O)N2. The number of aryl methyl sites for hydroxylation is 1. The van der Waals surface area contributed by atoms with Gasteiger partial charge in [-0.15, -0.1) is 0 Å². The van der Waals surface area contributed by atoms with Crippen LogP contribution in [-0.2, 0) is 31.1 Å². The molecule has 1 atom stereocenters. The highest BCUT2D eigenvalue weighted by Gasteiger charge is 2.38. The van der Waals surface area contributed by atoms with E-state index in [9.17, 15) is 21.6 Å². The van der Waals surface area contributed by atoms with E-state index < -0.39 is 25.9 Å². The van der Waals surface area contributed by atoms with Gasteiger partial charge in [-0.2, -0.15) is 4.31 Å². The number of hydrogen-bond donors (Lipinski definition) is 1. The van der Waals surface area contributed by atoms with Gasteiger partial charge in [0.05, 0.1) is 16.4 Å². The van der Waals surface area contributed by atoms with Crippen molar-refractivity contribution < 1.29 is 21.6 Å². The number of sulfonamides is 1. The van der Waals surface area contributed by atoms with E-state index in [1.807, 2.05) is 0 Å². The smallest absolute Gasteiger partial charge is 0.243 e. The van der Waals surface area contributed by atoms with Gasteiger partial charge in [-0.25, -0.2) is 16.8 Å². The molecule has 0 aliphatic carbocycles. The normalized spacial score (nSPS) is 23.1. The second kappa shape index (κ2) is 6.12. The van der Waals surface area contributed by atoms with E-state index in [1.165, 1.54) is 10.4 Å². The van der Waals surface area contributed by atoms with Gasteiger partial charge >= 0.3 is 0 Å². The number of nitrogens with zero attached hydrogens (tertiary/aromatic N) is 1. The zero-order chi connectivity index (χ0) is 17.5. The van der Waals surface area contributed by atoms with Gasteiger partial charge in [0.25, 0.3) is 0 Å². The van der Waals surface area contributed by atoms with Gasteiger partial charge in [0, 0.05) is 24.7 Å². The quantitative estimate of drug-likeness (QED) is 0.841. The molecule has 1 N–H and O–H groups in total. The van der Waals surface area contributed by atoms with Crippen molar-refractivity contribution >= 4 is 31.5 Å². The Bertz CT molecular complexity index is 877. The molecule has 1 amide bonds. The van der Waals surface area contributed by atoms with Crippen LogP contribution in [0.2, 0.25) is 0 Å². The molecule has 3 rings (SSSR count). The molecular weight excluding hydrogens is 352 g/mol. The molecule has 0 unspecified atom stereocenters. The summed E-state index contributed by atoms with van der Waals surface area (Å²) in [4.78, 5) is 11.5. The maximum Gasteiger partial charge on any atom is 0.243 e. The minimum Gasteiger partial charge on any atom is -0.326 e. The predicted molar refractivity (Wildman–Crippen MR) is 90.0 cm³/mol. The first-order chi connectivity index (χ1) is 11.2. The summed E-state index contributed by atoms with van der Waals surface area (Å²) in [6, 6.07) is 4.13. The van der Waals surface area contributed by atoms with E-state index in [4.69, 9.17) is 0 Å². The van der Waals surface area contributed by atoms with Crippen molar-refractivity contribution in [2.24, 2.45) is 0 Å². The van der Waals surface area contributed by atoms with E-state index >= 15 is 0 Å². The lowest BCUT2D eigenvalue weighted by Gasteiger charge is -2.26. The lowest BCUT2D eigenvalue weighted by Crippen LogP contribution is -2.40. The number of carbonyl (C=O) groups excluding carboxylic acids is 1. The molecule has 1 fully saturated rings. The van der Waals surface area contributed by atoms with E-state index in [0.717, 1.165) is 5.56 Å². The van der Waals surface area contributed by atoms with Crippen molar-refractivity contribution in [1.82, 2.24) is 4.31 Å². The Kier molecular flexibility index (Phi) is 4.43. The third-order valence-corrected chi connectivity index (χ3v) is 8.28. The molecule has 132 valence electrons. The van der Waals surface area contributed by atoms with Gasteiger partial charge in [0.2, 0.25) is 15.9 Å². The van der Waals surface area contributed by atoms with Crippen LogP contribution in [0.4, 0.5) is 5.69 Å². The highest BCUT2D eigenvalue weighted by molar-refractivity contribution is 7.92. The summed E-state index contributed by atoms with van der Waals surface area (Å²) in [5, 5.41) is 2.72. The number of carbonyl (C=O) groups is 1. The Morgan fingerprint density at radius 1 is 1.29 bits per heavy atom. The number of benzene rings is 1. The number of amides is 1. The fraction of sp³-hybridized carbons (Fsp3) is 0.533. The molecule has 1 aromatic rings. The van der Waals surface area contributed by atoms with Crippen LogP contribution in [0.5, 0.6) is 0 Å². The summed E-state index contributed by atoms with van der Waals surface area (Å²) in [5.41, 5.74) is 1.42. The van der Waals surface area contributed by atoms with Crippen LogP contribution in [0, 0.1) is 0 Å². The van der Waals surface area contributed by atoms with Gasteiger partial charge in [-0.3, -0.25) is 4.79 Å². The van der Waals surface area contributed by atoms with Crippen LogP contribution in [0.25, 0.3) is 0 Å². The summed E-state index contributed by atoms with van der Waals surface area (Å²) in [6.45, 7) is 1.93. The van der Waals surface area contributed by atoms with Crippen molar-refractivity contribution in [3.63, 3.8) is 0 Å². The molecule has 1 saturated heterocycles. The molecule has 2 aliphatic heterocycles. The lowest BCUT2D eigenvalue weighted by molar-refractivity contribution is -0.116. The molecule has 0 bridgehead atoms. The summed E-state index contributed by atoms with van der Waals surface area (Å²) >= 11 is 0. The van der Waals surface area contributed by atoms with Gasteiger partial charge in [-0.05, 0) is 36.6 Å². The van der Waals surface area contributed by atoms with Crippen LogP contribution in [-0.4, -0.2) is 51.1 Å². The summed E-state index contributed by atoms with van der Waals surface area (Å²) in [5.74, 6) is -0.175. The van der Waals surface area contributed by atoms with Crippen molar-refractivity contribution in [2.75, 3.05) is 23.4 Å². The van der Waals surface area contributed by atoms with Gasteiger partial charge in [0.1, 0.15) is 0 Å². The summed E-state index contributed by atoms with van der Waals surface area (Å²) in [7, 11) is -6.94. The number of sulfone groups is 1. The third-order valence-electron chi connectivity index (χ3n) is 4.51. The number of anilines is 1. The molecule has 0 spiro atoms. The minimum atomic E-state index is -3.78. The van der Waals surface area contributed by atoms with Crippen LogP contribution in [0.15, 0.2) is 23.1 Å². The molecule has 0 radical (unpaired) electrons. The highest BCUT2D eigenvalue weighted by Crippen LogP contribution is 2.29. The second-order valence-corrected chi connectivity index (χ2v) is 10.3. The van der Waals surface area contributed by atoms with E-state index in [-0.39, 0.29) is 28.9 Å². The third kappa shape index (κ3) is 3.20. The second-order valence-electron chi connectivity index (χ2n) is 6.13. The standard InChI is InChI=1S/C15H20N2O5S2/c1-2-17(12-7-8-23(19,20)10-12)24(21,22)13-4-5-14-11(9-13)3-6-15(18)16-14/h4-5,9,12H,2-3,6-8,10H2,1H3,(H,16,18)/t12-/m1/s1. The molecule has 7 nitrogen and oxygen atoms in total. The van der Waals surface area contributed by atoms with E-state index in [0.29, 0.717) is 24.9 Å². The van der Waals surface area contributed by atoms with E-state index in [2.05, 4.69) is 5.32 Å². The molecule has 2 heterocycles. The number of rotatable bonds is 4. The van der Waals surface area contributed by atoms with Crippen molar-refractivity contribution in [2.45, 2.75) is 37.1 Å². The predicted octanol–water partition coefficient (Wildman–Crippen LogP) is 0.769. The van der Waals surface area contributed by atoms with Crippen molar-refractivity contribution in [3.8, 4) is 0 Å². The van der Waals surface area contributed by atoms with Crippen molar-refractivity contribution in [3.05, 3.63) is 23.8 Å². The Balaban J connectivity index is 1.93. The number of hydrogen-bond acceptors (Lipinski definition) is 5. The zero-order valence-corrected chi connectivity index (χ0v) is 15.0. The van der Waals surface area contributed by atoms with Gasteiger partial charge < -0.3 is 5.32 Å². The van der Waals surface area contributed by atoms with E-state index in [1.54, 1.807) is 19.1 Å². The monoisotopic (exact) mass is 372 g/mol. The maximum atomic E-state index is 13.0. The topological polar surface area (TPSA) is 101 Å². The molecule has 24 heavy (non-hydrogen) atoms. The Labute approximate surface area is 142 Å². The molecule has 9 heteroatoms. The van der Waals surface area contributed by atoms with Crippen LogP contribution >= 0.6 is 0 Å². The average Bonchev–Trinajstić information content (AvgIpc) is 2.86. The lowest BCUT2D eigenvalue weighted by atomic mass is 10.0.